The van der Waals surface area contributed by atoms with E-state index < -0.39 is 0 Å². The van der Waals surface area contributed by atoms with Crippen LogP contribution in [0.5, 0.6) is 0 Å². The van der Waals surface area contributed by atoms with Gasteiger partial charge in [-0.25, -0.2) is 0 Å². The van der Waals surface area contributed by atoms with Crippen LogP contribution in [0.1, 0.15) is 35.7 Å². The molecule has 0 fully saturated rings. The maximum Gasteiger partial charge on any atom is 0.252 e. The molecule has 1 aromatic carbocycles. The number of aliphatic hydroxyl groups excluding tert-OH is 1. The molecule has 0 bridgehead atoms. The third-order valence-electron chi connectivity index (χ3n) is 3.10. The Morgan fingerprint density at radius 1 is 1.50 bits per heavy atom. The summed E-state index contributed by atoms with van der Waals surface area (Å²) in [5.41, 5.74) is 1.40. The van der Waals surface area contributed by atoms with Crippen LogP contribution in [0.25, 0.3) is 0 Å². The maximum atomic E-state index is 12.0. The quantitative estimate of drug-likeness (QED) is 0.834. The third kappa shape index (κ3) is 4.00. The highest BCUT2D eigenvalue weighted by molar-refractivity contribution is 6.34. The molecule has 0 radical (unpaired) electrons. The van der Waals surface area contributed by atoms with Gasteiger partial charge in [-0.15, -0.1) is 0 Å². The van der Waals surface area contributed by atoms with Crippen molar-refractivity contribution in [2.45, 2.75) is 26.7 Å². The first kappa shape index (κ1) is 15.0. The van der Waals surface area contributed by atoms with Crippen molar-refractivity contribution in [1.29, 1.82) is 0 Å². The predicted molar refractivity (Wildman–Crippen MR) is 74.0 cm³/mol. The molecule has 0 saturated heterocycles. The van der Waals surface area contributed by atoms with Crippen LogP contribution in [0.15, 0.2) is 18.2 Å². The van der Waals surface area contributed by atoms with E-state index in [2.05, 4.69) is 5.32 Å². The molecule has 1 rings (SSSR count). The maximum absolute atomic E-state index is 12.0. The number of hydrogen-bond donors (Lipinski definition) is 2. The average molecular weight is 270 g/mol. The van der Waals surface area contributed by atoms with Crippen molar-refractivity contribution in [3.63, 3.8) is 0 Å². The first-order chi connectivity index (χ1) is 8.60. The second kappa shape index (κ2) is 7.39. The number of amides is 1. The molecule has 3 nitrogen and oxygen atoms in total. The van der Waals surface area contributed by atoms with Gasteiger partial charge in [0.15, 0.2) is 0 Å². The molecular formula is C14H20ClNO2. The Morgan fingerprint density at radius 2 is 2.22 bits per heavy atom. The summed E-state index contributed by atoms with van der Waals surface area (Å²) in [6.07, 6.45) is 1.64. The van der Waals surface area contributed by atoms with E-state index in [1.54, 1.807) is 6.07 Å². The van der Waals surface area contributed by atoms with Crippen LogP contribution in [0.4, 0.5) is 0 Å². The molecule has 0 aliphatic heterocycles. The number of benzene rings is 1. The van der Waals surface area contributed by atoms with Gasteiger partial charge < -0.3 is 10.4 Å². The largest absolute Gasteiger partial charge is 0.396 e. The summed E-state index contributed by atoms with van der Waals surface area (Å²) < 4.78 is 0. The Kier molecular flexibility index (Phi) is 6.16. The zero-order valence-electron chi connectivity index (χ0n) is 10.9. The molecule has 0 saturated carbocycles. The van der Waals surface area contributed by atoms with Crippen LogP contribution >= 0.6 is 11.6 Å². The van der Waals surface area contributed by atoms with Crippen molar-refractivity contribution in [3.05, 3.63) is 34.3 Å². The lowest BCUT2D eigenvalue weighted by Crippen LogP contribution is -2.29. The standard InChI is InChI=1S/C14H20ClNO2/c1-3-11(7-8-17)9-16-14(18)12-6-4-5-10(2)13(12)15/h4-6,11,17H,3,7-9H2,1-2H3,(H,16,18). The van der Waals surface area contributed by atoms with E-state index in [1.165, 1.54) is 0 Å². The van der Waals surface area contributed by atoms with Crippen molar-refractivity contribution in [1.82, 2.24) is 5.32 Å². The van der Waals surface area contributed by atoms with Crippen molar-refractivity contribution < 1.29 is 9.90 Å². The molecule has 18 heavy (non-hydrogen) atoms. The van der Waals surface area contributed by atoms with Crippen molar-refractivity contribution in [2.24, 2.45) is 5.92 Å². The lowest BCUT2D eigenvalue weighted by atomic mass is 10.0. The molecular weight excluding hydrogens is 250 g/mol. The third-order valence-corrected chi connectivity index (χ3v) is 3.60. The van der Waals surface area contributed by atoms with Crippen molar-refractivity contribution in [2.75, 3.05) is 13.2 Å². The van der Waals surface area contributed by atoms with Crippen LogP contribution < -0.4 is 5.32 Å². The van der Waals surface area contributed by atoms with Crippen LogP contribution in [0.3, 0.4) is 0 Å². The minimum absolute atomic E-state index is 0.152. The zero-order valence-corrected chi connectivity index (χ0v) is 11.6. The molecule has 0 aromatic heterocycles. The molecule has 0 heterocycles. The fourth-order valence-electron chi connectivity index (χ4n) is 1.79. The zero-order chi connectivity index (χ0) is 13.5. The number of rotatable bonds is 6. The van der Waals surface area contributed by atoms with Gasteiger partial charge >= 0.3 is 0 Å². The van der Waals surface area contributed by atoms with Crippen LogP contribution in [-0.2, 0) is 0 Å². The number of carbonyl (C=O) groups excluding carboxylic acids is 1. The van der Waals surface area contributed by atoms with Crippen LogP contribution in [0.2, 0.25) is 5.02 Å². The van der Waals surface area contributed by atoms with Crippen LogP contribution in [-0.4, -0.2) is 24.2 Å². The Hall–Kier alpha value is -1.06. The highest BCUT2D eigenvalue weighted by atomic mass is 35.5. The Labute approximate surface area is 113 Å². The highest BCUT2D eigenvalue weighted by Gasteiger charge is 2.13. The van der Waals surface area contributed by atoms with Gasteiger partial charge in [-0.2, -0.15) is 0 Å². The average Bonchev–Trinajstić information content (AvgIpc) is 2.37. The Morgan fingerprint density at radius 3 is 2.83 bits per heavy atom. The number of carbonyl (C=O) groups is 1. The Bertz CT molecular complexity index is 407. The van der Waals surface area contributed by atoms with E-state index in [0.717, 1.165) is 12.0 Å². The smallest absolute Gasteiger partial charge is 0.252 e. The predicted octanol–water partition coefficient (Wildman–Crippen LogP) is 2.79. The summed E-state index contributed by atoms with van der Waals surface area (Å²) in [6, 6.07) is 5.42. The van der Waals surface area contributed by atoms with Gasteiger partial charge in [0.05, 0.1) is 10.6 Å². The second-order valence-electron chi connectivity index (χ2n) is 4.43. The lowest BCUT2D eigenvalue weighted by Gasteiger charge is -2.15. The number of aryl methyl sites for hydroxylation is 1. The molecule has 0 aliphatic rings. The fraction of sp³-hybridized carbons (Fsp3) is 0.500. The number of nitrogens with one attached hydrogen (secondary N) is 1. The van der Waals surface area contributed by atoms with Gasteiger partial charge in [0.1, 0.15) is 0 Å². The van der Waals surface area contributed by atoms with Gasteiger partial charge in [-0.05, 0) is 30.9 Å². The van der Waals surface area contributed by atoms with E-state index in [0.29, 0.717) is 29.5 Å². The molecule has 1 unspecified atom stereocenters. The summed E-state index contributed by atoms with van der Waals surface area (Å²) in [5, 5.41) is 12.3. The van der Waals surface area contributed by atoms with Gasteiger partial charge in [-0.3, -0.25) is 4.79 Å². The minimum Gasteiger partial charge on any atom is -0.396 e. The molecule has 0 spiro atoms. The first-order valence-electron chi connectivity index (χ1n) is 6.24. The number of hydrogen-bond acceptors (Lipinski definition) is 2. The fourth-order valence-corrected chi connectivity index (χ4v) is 2.00. The van der Waals surface area contributed by atoms with Crippen molar-refractivity contribution in [3.8, 4) is 0 Å². The summed E-state index contributed by atoms with van der Waals surface area (Å²) in [5.74, 6) is 0.155. The van der Waals surface area contributed by atoms with Crippen molar-refractivity contribution >= 4 is 17.5 Å². The molecule has 1 atom stereocenters. The van der Waals surface area contributed by atoms with E-state index in [1.807, 2.05) is 26.0 Å². The lowest BCUT2D eigenvalue weighted by molar-refractivity contribution is 0.0943. The topological polar surface area (TPSA) is 49.3 Å². The SMILES string of the molecule is CCC(CCO)CNC(=O)c1cccc(C)c1Cl. The first-order valence-corrected chi connectivity index (χ1v) is 6.62. The number of aliphatic hydroxyl groups is 1. The van der Waals surface area contributed by atoms with E-state index in [9.17, 15) is 4.79 Å². The molecule has 2 N–H and O–H groups in total. The minimum atomic E-state index is -0.153. The summed E-state index contributed by atoms with van der Waals surface area (Å²) in [7, 11) is 0. The molecule has 4 heteroatoms. The van der Waals surface area contributed by atoms with Gasteiger partial charge in [0.2, 0.25) is 0 Å². The Balaban J connectivity index is 2.62. The normalized spacial score (nSPS) is 12.2. The van der Waals surface area contributed by atoms with Gasteiger partial charge in [-0.1, -0.05) is 37.1 Å². The summed E-state index contributed by atoms with van der Waals surface area (Å²) in [6.45, 7) is 4.64. The van der Waals surface area contributed by atoms with Crippen LogP contribution in [0, 0.1) is 12.8 Å². The highest BCUT2D eigenvalue weighted by Crippen LogP contribution is 2.20. The second-order valence-corrected chi connectivity index (χ2v) is 4.81. The molecule has 0 aliphatic carbocycles. The van der Waals surface area contributed by atoms with Gasteiger partial charge in [0, 0.05) is 13.2 Å². The molecule has 100 valence electrons. The van der Waals surface area contributed by atoms with Gasteiger partial charge in [0.25, 0.3) is 5.91 Å². The van der Waals surface area contributed by atoms with E-state index >= 15 is 0 Å². The van der Waals surface area contributed by atoms with E-state index in [-0.39, 0.29) is 12.5 Å². The monoisotopic (exact) mass is 269 g/mol. The van der Waals surface area contributed by atoms with E-state index in [4.69, 9.17) is 16.7 Å². The molecule has 1 amide bonds. The number of halogens is 1. The summed E-state index contributed by atoms with van der Waals surface area (Å²) >= 11 is 6.10. The molecule has 1 aromatic rings. The summed E-state index contributed by atoms with van der Waals surface area (Å²) in [4.78, 5) is 12.0.